The largest absolute Gasteiger partial charge is 0.461 e. The van der Waals surface area contributed by atoms with Gasteiger partial charge in [-0.15, -0.1) is 0 Å². The van der Waals surface area contributed by atoms with Crippen molar-refractivity contribution in [2.45, 2.75) is 20.8 Å². The Kier molecular flexibility index (Phi) is 3.76. The highest BCUT2D eigenvalue weighted by molar-refractivity contribution is 6.26. The van der Waals surface area contributed by atoms with Gasteiger partial charge in [-0.25, -0.2) is 4.79 Å². The molecule has 0 fully saturated rings. The lowest BCUT2D eigenvalue weighted by Crippen LogP contribution is -2.08. The Labute approximate surface area is 151 Å². The number of aromatic nitrogens is 1. The van der Waals surface area contributed by atoms with E-state index < -0.39 is 5.97 Å². The summed E-state index contributed by atoms with van der Waals surface area (Å²) in [5, 5.41) is 0. The van der Waals surface area contributed by atoms with E-state index in [2.05, 4.69) is 4.98 Å². The van der Waals surface area contributed by atoms with Crippen LogP contribution in [0.15, 0.2) is 42.5 Å². The first-order valence-corrected chi connectivity index (χ1v) is 8.67. The molecule has 4 heteroatoms. The van der Waals surface area contributed by atoms with E-state index in [0.717, 1.165) is 22.3 Å². The number of hydrogen-bond donors (Lipinski definition) is 1. The van der Waals surface area contributed by atoms with Crippen molar-refractivity contribution < 1.29 is 14.3 Å². The number of hydrogen-bond acceptors (Lipinski definition) is 3. The van der Waals surface area contributed by atoms with Crippen molar-refractivity contribution in [3.63, 3.8) is 0 Å². The van der Waals surface area contributed by atoms with E-state index in [4.69, 9.17) is 4.74 Å². The highest BCUT2D eigenvalue weighted by Crippen LogP contribution is 2.43. The van der Waals surface area contributed by atoms with Crippen LogP contribution < -0.4 is 0 Å². The molecule has 1 aromatic heterocycles. The van der Waals surface area contributed by atoms with Crippen LogP contribution in [-0.4, -0.2) is 23.3 Å². The Balaban J connectivity index is 2.01. The van der Waals surface area contributed by atoms with Crippen molar-refractivity contribution in [3.8, 4) is 22.4 Å². The molecule has 4 nitrogen and oxygen atoms in total. The molecular formula is C22H19NO3. The van der Waals surface area contributed by atoms with Gasteiger partial charge in [0.25, 0.3) is 0 Å². The van der Waals surface area contributed by atoms with Gasteiger partial charge in [0, 0.05) is 16.7 Å². The number of carbonyl (C=O) groups is 2. The minimum atomic E-state index is -0.444. The quantitative estimate of drug-likeness (QED) is 0.548. The van der Waals surface area contributed by atoms with Crippen molar-refractivity contribution in [1.29, 1.82) is 0 Å². The normalized spacial score (nSPS) is 12.0. The first-order chi connectivity index (χ1) is 12.5. The summed E-state index contributed by atoms with van der Waals surface area (Å²) in [6.45, 7) is 6.10. The van der Waals surface area contributed by atoms with Crippen molar-refractivity contribution >= 4 is 11.8 Å². The molecule has 0 aliphatic heterocycles. The average molecular weight is 345 g/mol. The number of benzene rings is 2. The lowest BCUT2D eigenvalue weighted by molar-refractivity contribution is 0.0521. The number of ether oxygens (including phenoxy) is 1. The minimum absolute atomic E-state index is 0.0596. The molecule has 0 saturated heterocycles. The van der Waals surface area contributed by atoms with Gasteiger partial charge >= 0.3 is 5.97 Å². The second-order valence-electron chi connectivity index (χ2n) is 6.52. The summed E-state index contributed by atoms with van der Waals surface area (Å²) in [4.78, 5) is 28.8. The molecule has 0 unspecified atom stereocenters. The molecule has 4 rings (SSSR count). The highest BCUT2D eigenvalue weighted by atomic mass is 16.5. The molecule has 1 N–H and O–H groups in total. The van der Waals surface area contributed by atoms with Crippen molar-refractivity contribution in [3.05, 3.63) is 70.4 Å². The summed E-state index contributed by atoms with van der Waals surface area (Å²) in [6.07, 6.45) is 0. The van der Waals surface area contributed by atoms with Gasteiger partial charge in [-0.3, -0.25) is 4.79 Å². The maximum atomic E-state index is 13.1. The number of ketones is 1. The number of carbonyl (C=O) groups excluding carboxylic acids is 2. The topological polar surface area (TPSA) is 59.2 Å². The maximum absolute atomic E-state index is 13.1. The average Bonchev–Trinajstić information content (AvgIpc) is 3.15. The molecule has 130 valence electrons. The summed E-state index contributed by atoms with van der Waals surface area (Å²) in [6, 6.07) is 13.4. The second kappa shape index (κ2) is 5.99. The summed E-state index contributed by atoms with van der Waals surface area (Å²) >= 11 is 0. The van der Waals surface area contributed by atoms with Crippen LogP contribution in [0.25, 0.3) is 22.4 Å². The van der Waals surface area contributed by atoms with E-state index in [-0.39, 0.29) is 12.4 Å². The van der Waals surface area contributed by atoms with Gasteiger partial charge in [-0.2, -0.15) is 0 Å². The SMILES string of the molecule is CCOC(=O)c1[nH]c2c(c1-c1ccc(C)c(C)c1)C(=O)c1ccccc1-2. The van der Waals surface area contributed by atoms with Crippen LogP contribution in [0.3, 0.4) is 0 Å². The number of aryl methyl sites for hydroxylation is 2. The van der Waals surface area contributed by atoms with Crippen LogP contribution in [-0.2, 0) is 4.74 Å². The standard InChI is InChI=1S/C22H19NO3/c1-4-26-22(25)20-17(14-10-9-12(2)13(3)11-14)18-19(23-20)15-7-5-6-8-16(15)21(18)24/h5-11,23H,4H2,1-3H3. The summed E-state index contributed by atoms with van der Waals surface area (Å²) < 4.78 is 5.22. The first-order valence-electron chi connectivity index (χ1n) is 8.67. The number of fused-ring (bicyclic) bond motifs is 3. The molecule has 0 amide bonds. The van der Waals surface area contributed by atoms with Crippen LogP contribution in [0.5, 0.6) is 0 Å². The Hall–Kier alpha value is -3.14. The predicted molar refractivity (Wildman–Crippen MR) is 101 cm³/mol. The van der Waals surface area contributed by atoms with Crippen molar-refractivity contribution in [1.82, 2.24) is 4.98 Å². The predicted octanol–water partition coefficient (Wildman–Crippen LogP) is 4.69. The molecule has 1 aliphatic carbocycles. The van der Waals surface area contributed by atoms with Crippen molar-refractivity contribution in [2.24, 2.45) is 0 Å². The Morgan fingerprint density at radius 2 is 1.73 bits per heavy atom. The molecule has 0 spiro atoms. The number of nitrogens with one attached hydrogen (secondary N) is 1. The zero-order valence-corrected chi connectivity index (χ0v) is 15.0. The maximum Gasteiger partial charge on any atom is 0.355 e. The van der Waals surface area contributed by atoms with Gasteiger partial charge in [0.15, 0.2) is 5.78 Å². The molecule has 0 atom stereocenters. The van der Waals surface area contributed by atoms with Gasteiger partial charge in [0.2, 0.25) is 0 Å². The van der Waals surface area contributed by atoms with E-state index >= 15 is 0 Å². The fourth-order valence-corrected chi connectivity index (χ4v) is 3.50. The Morgan fingerprint density at radius 3 is 2.42 bits per heavy atom. The van der Waals surface area contributed by atoms with Gasteiger partial charge in [0.1, 0.15) is 5.69 Å². The number of aromatic amines is 1. The fraction of sp³-hybridized carbons (Fsp3) is 0.182. The van der Waals surface area contributed by atoms with E-state index in [0.29, 0.717) is 28.1 Å². The van der Waals surface area contributed by atoms with Gasteiger partial charge in [0.05, 0.1) is 17.9 Å². The number of rotatable bonds is 3. The molecule has 0 bridgehead atoms. The lowest BCUT2D eigenvalue weighted by atomic mass is 9.95. The van der Waals surface area contributed by atoms with Crippen LogP contribution in [0.1, 0.15) is 44.5 Å². The van der Waals surface area contributed by atoms with Crippen LogP contribution >= 0.6 is 0 Å². The van der Waals surface area contributed by atoms with E-state index in [9.17, 15) is 9.59 Å². The zero-order chi connectivity index (χ0) is 18.4. The highest BCUT2D eigenvalue weighted by Gasteiger charge is 2.35. The number of esters is 1. The smallest absolute Gasteiger partial charge is 0.355 e. The molecule has 2 aromatic carbocycles. The molecule has 1 aliphatic rings. The lowest BCUT2D eigenvalue weighted by Gasteiger charge is -2.09. The summed E-state index contributed by atoms with van der Waals surface area (Å²) in [5.74, 6) is -0.504. The molecular weight excluding hydrogens is 326 g/mol. The van der Waals surface area contributed by atoms with Gasteiger partial charge < -0.3 is 9.72 Å². The van der Waals surface area contributed by atoms with E-state index in [1.165, 1.54) is 0 Å². The monoisotopic (exact) mass is 345 g/mol. The molecule has 0 saturated carbocycles. The second-order valence-corrected chi connectivity index (χ2v) is 6.52. The third-order valence-corrected chi connectivity index (χ3v) is 4.94. The Morgan fingerprint density at radius 1 is 1.00 bits per heavy atom. The number of H-pyrrole nitrogens is 1. The van der Waals surface area contributed by atoms with Crippen LogP contribution in [0.2, 0.25) is 0 Å². The molecule has 1 heterocycles. The first kappa shape index (κ1) is 16.3. The van der Waals surface area contributed by atoms with Crippen LogP contribution in [0, 0.1) is 13.8 Å². The summed E-state index contributed by atoms with van der Waals surface area (Å²) in [7, 11) is 0. The third kappa shape index (κ3) is 2.30. The fourth-order valence-electron chi connectivity index (χ4n) is 3.50. The zero-order valence-electron chi connectivity index (χ0n) is 15.0. The molecule has 0 radical (unpaired) electrons. The van der Waals surface area contributed by atoms with E-state index in [1.54, 1.807) is 6.92 Å². The van der Waals surface area contributed by atoms with Crippen LogP contribution in [0.4, 0.5) is 0 Å². The van der Waals surface area contributed by atoms with Crippen molar-refractivity contribution in [2.75, 3.05) is 6.61 Å². The molecule has 26 heavy (non-hydrogen) atoms. The van der Waals surface area contributed by atoms with Gasteiger partial charge in [-0.1, -0.05) is 42.5 Å². The summed E-state index contributed by atoms with van der Waals surface area (Å²) in [5.41, 5.74) is 6.81. The van der Waals surface area contributed by atoms with E-state index in [1.807, 2.05) is 56.3 Å². The van der Waals surface area contributed by atoms with Gasteiger partial charge in [-0.05, 0) is 37.5 Å². The third-order valence-electron chi connectivity index (χ3n) is 4.94. The minimum Gasteiger partial charge on any atom is -0.461 e. The molecule has 3 aromatic rings. The Bertz CT molecular complexity index is 1060.